The number of rotatable bonds is 4. The van der Waals surface area contributed by atoms with E-state index in [0.29, 0.717) is 5.02 Å². The maximum Gasteiger partial charge on any atom is 0.133 e. The third-order valence-electron chi connectivity index (χ3n) is 3.01. The van der Waals surface area contributed by atoms with E-state index in [9.17, 15) is 0 Å². The van der Waals surface area contributed by atoms with E-state index >= 15 is 0 Å². The van der Waals surface area contributed by atoms with E-state index in [1.165, 1.54) is 0 Å². The van der Waals surface area contributed by atoms with Gasteiger partial charge in [-0.25, -0.2) is 0 Å². The van der Waals surface area contributed by atoms with Crippen molar-refractivity contribution in [2.45, 2.75) is 4.83 Å². The molecule has 0 aliphatic heterocycles. The summed E-state index contributed by atoms with van der Waals surface area (Å²) in [5, 5.41) is 0.679. The molecule has 21 heavy (non-hydrogen) atoms. The third kappa shape index (κ3) is 3.76. The zero-order valence-corrected chi connectivity index (χ0v) is 16.8. The van der Waals surface area contributed by atoms with Gasteiger partial charge in [0.15, 0.2) is 0 Å². The topological polar surface area (TPSA) is 18.5 Å². The maximum atomic E-state index is 6.05. The second kappa shape index (κ2) is 7.36. The van der Waals surface area contributed by atoms with Gasteiger partial charge in [-0.15, -0.1) is 0 Å². The van der Waals surface area contributed by atoms with Crippen LogP contribution in [0.5, 0.6) is 11.5 Å². The molecule has 1 unspecified atom stereocenters. The molecule has 0 aliphatic carbocycles. The summed E-state index contributed by atoms with van der Waals surface area (Å²) in [5.74, 6) is 1.53. The molecule has 0 heterocycles. The van der Waals surface area contributed by atoms with Gasteiger partial charge in [0.25, 0.3) is 0 Å². The summed E-state index contributed by atoms with van der Waals surface area (Å²) in [6, 6.07) is 9.66. The lowest BCUT2D eigenvalue weighted by Gasteiger charge is -2.17. The van der Waals surface area contributed by atoms with Crippen LogP contribution in [0.1, 0.15) is 16.0 Å². The van der Waals surface area contributed by atoms with E-state index in [0.717, 1.165) is 31.6 Å². The van der Waals surface area contributed by atoms with Gasteiger partial charge >= 0.3 is 0 Å². The zero-order valence-electron chi connectivity index (χ0n) is 11.3. The molecule has 1 atom stereocenters. The van der Waals surface area contributed by atoms with Gasteiger partial charge in [-0.3, -0.25) is 0 Å². The van der Waals surface area contributed by atoms with Gasteiger partial charge < -0.3 is 9.47 Å². The minimum absolute atomic E-state index is 0.0389. The van der Waals surface area contributed by atoms with Gasteiger partial charge in [0, 0.05) is 10.0 Å². The summed E-state index contributed by atoms with van der Waals surface area (Å²) in [6.45, 7) is 0. The summed E-state index contributed by atoms with van der Waals surface area (Å²) in [7, 11) is 3.29. The monoisotopic (exact) mass is 496 g/mol. The minimum Gasteiger partial charge on any atom is -0.496 e. The summed E-state index contributed by atoms with van der Waals surface area (Å²) >= 11 is 16.7. The number of methoxy groups -OCH3 is 2. The molecular formula is C15H12Br3ClO2. The Morgan fingerprint density at radius 3 is 2.19 bits per heavy atom. The standard InChI is InChI=1S/C15H12Br3ClO2/c1-20-13-7-11(17)14(21-2)6-9(13)15(18)8-3-4-12(19)10(16)5-8/h3-7,15H,1-2H3. The minimum atomic E-state index is -0.0389. The van der Waals surface area contributed by atoms with Crippen molar-refractivity contribution in [2.75, 3.05) is 14.2 Å². The third-order valence-corrected chi connectivity index (χ3v) is 5.87. The molecule has 0 saturated carbocycles. The van der Waals surface area contributed by atoms with Crippen molar-refractivity contribution in [1.82, 2.24) is 0 Å². The van der Waals surface area contributed by atoms with Crippen LogP contribution in [0, 0.1) is 0 Å². The lowest BCUT2D eigenvalue weighted by molar-refractivity contribution is 0.397. The molecule has 0 fully saturated rings. The molecule has 112 valence electrons. The Labute approximate surface area is 154 Å². The first-order valence-electron chi connectivity index (χ1n) is 5.98. The molecule has 2 aromatic carbocycles. The highest BCUT2D eigenvalue weighted by Crippen LogP contribution is 2.42. The molecule has 2 rings (SSSR count). The van der Waals surface area contributed by atoms with Crippen molar-refractivity contribution in [3.8, 4) is 11.5 Å². The Balaban J connectivity index is 2.50. The number of hydrogen-bond acceptors (Lipinski definition) is 2. The molecular weight excluding hydrogens is 487 g/mol. The summed E-state index contributed by atoms with van der Waals surface area (Å²) in [4.78, 5) is -0.0389. The first-order chi connectivity index (χ1) is 9.97. The highest BCUT2D eigenvalue weighted by molar-refractivity contribution is 9.11. The predicted molar refractivity (Wildman–Crippen MR) is 97.2 cm³/mol. The number of halogens is 4. The molecule has 2 nitrogen and oxygen atoms in total. The van der Waals surface area contributed by atoms with Crippen molar-refractivity contribution in [1.29, 1.82) is 0 Å². The Morgan fingerprint density at radius 1 is 0.952 bits per heavy atom. The molecule has 0 bridgehead atoms. The van der Waals surface area contributed by atoms with Crippen LogP contribution in [-0.4, -0.2) is 14.2 Å². The summed E-state index contributed by atoms with van der Waals surface area (Å²) in [5.41, 5.74) is 2.04. The normalized spacial score (nSPS) is 12.1. The van der Waals surface area contributed by atoms with Crippen LogP contribution >= 0.6 is 59.4 Å². The van der Waals surface area contributed by atoms with E-state index in [2.05, 4.69) is 47.8 Å². The molecule has 0 N–H and O–H groups in total. The average molecular weight is 499 g/mol. The Bertz CT molecular complexity index is 662. The molecule has 2 aromatic rings. The molecule has 0 aliphatic rings. The first kappa shape index (κ1) is 17.1. The van der Waals surface area contributed by atoms with Crippen molar-refractivity contribution in [3.63, 3.8) is 0 Å². The van der Waals surface area contributed by atoms with Gasteiger partial charge in [0.1, 0.15) is 11.5 Å². The van der Waals surface area contributed by atoms with Crippen molar-refractivity contribution in [3.05, 3.63) is 55.4 Å². The molecule has 0 spiro atoms. The Hall–Kier alpha value is -0.230. The van der Waals surface area contributed by atoms with Crippen LogP contribution < -0.4 is 9.47 Å². The fourth-order valence-corrected chi connectivity index (χ4v) is 3.57. The van der Waals surface area contributed by atoms with Crippen LogP contribution in [0.15, 0.2) is 39.3 Å². The van der Waals surface area contributed by atoms with Crippen LogP contribution in [0.25, 0.3) is 0 Å². The van der Waals surface area contributed by atoms with Crippen LogP contribution in [0.2, 0.25) is 5.02 Å². The second-order valence-corrected chi connectivity index (χ2v) is 7.30. The number of ether oxygens (including phenoxy) is 2. The Kier molecular flexibility index (Phi) is 6.00. The smallest absolute Gasteiger partial charge is 0.133 e. The first-order valence-corrected chi connectivity index (χ1v) is 8.86. The van der Waals surface area contributed by atoms with Gasteiger partial charge in [0.05, 0.1) is 28.5 Å². The fraction of sp³-hybridized carbons (Fsp3) is 0.200. The quantitative estimate of drug-likeness (QED) is 0.456. The van der Waals surface area contributed by atoms with Gasteiger partial charge in [-0.05, 0) is 61.7 Å². The Morgan fingerprint density at radius 2 is 1.62 bits per heavy atom. The van der Waals surface area contributed by atoms with E-state index in [4.69, 9.17) is 21.1 Å². The van der Waals surface area contributed by atoms with Crippen LogP contribution in [-0.2, 0) is 0 Å². The second-order valence-electron chi connectivity index (χ2n) is 4.26. The van der Waals surface area contributed by atoms with E-state index in [1.54, 1.807) is 14.2 Å². The fourth-order valence-electron chi connectivity index (χ4n) is 1.93. The maximum absolute atomic E-state index is 6.05. The molecule has 0 saturated heterocycles. The largest absolute Gasteiger partial charge is 0.496 e. The van der Waals surface area contributed by atoms with Gasteiger partial charge in [-0.1, -0.05) is 33.6 Å². The number of alkyl halides is 1. The predicted octanol–water partition coefficient (Wildman–Crippen LogP) is 6.37. The van der Waals surface area contributed by atoms with Crippen LogP contribution in [0.4, 0.5) is 0 Å². The van der Waals surface area contributed by atoms with Gasteiger partial charge in [-0.2, -0.15) is 0 Å². The molecule has 6 heteroatoms. The number of benzene rings is 2. The van der Waals surface area contributed by atoms with Crippen LogP contribution in [0.3, 0.4) is 0 Å². The summed E-state index contributed by atoms with van der Waals surface area (Å²) in [6.07, 6.45) is 0. The van der Waals surface area contributed by atoms with Crippen molar-refractivity contribution < 1.29 is 9.47 Å². The zero-order chi connectivity index (χ0) is 15.6. The highest BCUT2D eigenvalue weighted by Gasteiger charge is 2.19. The lowest BCUT2D eigenvalue weighted by atomic mass is 10.0. The van der Waals surface area contributed by atoms with E-state index < -0.39 is 0 Å². The molecule has 0 radical (unpaired) electrons. The lowest BCUT2D eigenvalue weighted by Crippen LogP contribution is -1.99. The van der Waals surface area contributed by atoms with E-state index in [1.807, 2.05) is 30.3 Å². The van der Waals surface area contributed by atoms with Gasteiger partial charge in [0.2, 0.25) is 0 Å². The molecule has 0 amide bonds. The van der Waals surface area contributed by atoms with Crippen molar-refractivity contribution >= 4 is 59.4 Å². The SMILES string of the molecule is COc1cc(C(Br)c2ccc(Cl)c(Br)c2)c(OC)cc1Br. The molecule has 0 aromatic heterocycles. The summed E-state index contributed by atoms with van der Waals surface area (Å²) < 4.78 is 12.5. The number of hydrogen-bond donors (Lipinski definition) is 0. The van der Waals surface area contributed by atoms with E-state index in [-0.39, 0.29) is 4.83 Å². The highest BCUT2D eigenvalue weighted by atomic mass is 79.9. The van der Waals surface area contributed by atoms with Crippen molar-refractivity contribution in [2.24, 2.45) is 0 Å². The average Bonchev–Trinajstić information content (AvgIpc) is 2.49.